The number of thiophene rings is 1. The minimum atomic E-state index is -0.357. The molecule has 1 atom stereocenters. The number of Topliss-reactive ketones (excluding diaryl/α,β-unsaturated/α-hetero) is 1. The first kappa shape index (κ1) is 18.3. The van der Waals surface area contributed by atoms with Crippen molar-refractivity contribution in [2.45, 2.75) is 57.4 Å². The average molecular weight is 385 g/mol. The van der Waals surface area contributed by atoms with Gasteiger partial charge in [0.25, 0.3) is 0 Å². The van der Waals surface area contributed by atoms with Crippen molar-refractivity contribution in [1.29, 1.82) is 5.26 Å². The number of hydrogen-bond acceptors (Lipinski definition) is 5. The molecule has 0 unspecified atom stereocenters. The summed E-state index contributed by atoms with van der Waals surface area (Å²) < 4.78 is 5.65. The van der Waals surface area contributed by atoms with E-state index in [1.807, 2.05) is 0 Å². The molecule has 0 aromatic carbocycles. The summed E-state index contributed by atoms with van der Waals surface area (Å²) in [5.41, 5.74) is 8.35. The van der Waals surface area contributed by atoms with Gasteiger partial charge in [-0.1, -0.05) is 0 Å². The fourth-order valence-electron chi connectivity index (χ4n) is 4.47. The highest BCUT2D eigenvalue weighted by Crippen LogP contribution is 2.44. The van der Waals surface area contributed by atoms with Crippen LogP contribution in [0.5, 0.6) is 0 Å². The largest absolute Gasteiger partial charge is 0.444 e. The van der Waals surface area contributed by atoms with Crippen LogP contribution in [-0.4, -0.2) is 18.9 Å². The maximum atomic E-state index is 12.6. The standard InChI is InChI=1S/C21H25N3O2S/c22-11-15-19(20-16(25)6-5-7-17(20)26-21(15)23)18-10-14(13-27-18)12-24-8-3-1-2-4-9-24/h10,13,19H,1-9,12,23H2/p+1/t19-/m0/s1. The average Bonchev–Trinajstić information content (AvgIpc) is 2.95. The minimum absolute atomic E-state index is 0.0922. The summed E-state index contributed by atoms with van der Waals surface area (Å²) in [6.45, 7) is 3.47. The van der Waals surface area contributed by atoms with Gasteiger partial charge in [-0.25, -0.2) is 0 Å². The van der Waals surface area contributed by atoms with Crippen LogP contribution < -0.4 is 10.6 Å². The van der Waals surface area contributed by atoms with Gasteiger partial charge in [0, 0.05) is 28.9 Å². The van der Waals surface area contributed by atoms with Crippen molar-refractivity contribution in [3.05, 3.63) is 44.7 Å². The third-order valence-corrected chi connectivity index (χ3v) is 6.87. The van der Waals surface area contributed by atoms with Crippen LogP contribution in [0, 0.1) is 11.3 Å². The van der Waals surface area contributed by atoms with Crippen LogP contribution >= 0.6 is 11.3 Å². The highest BCUT2D eigenvalue weighted by molar-refractivity contribution is 7.10. The molecule has 2 aliphatic heterocycles. The number of quaternary nitrogens is 1. The van der Waals surface area contributed by atoms with Gasteiger partial charge in [0.15, 0.2) is 5.78 Å². The Bertz CT molecular complexity index is 838. The summed E-state index contributed by atoms with van der Waals surface area (Å²) in [4.78, 5) is 15.3. The Hall–Kier alpha value is -2.10. The van der Waals surface area contributed by atoms with Crippen molar-refractivity contribution >= 4 is 17.1 Å². The Balaban J connectivity index is 1.63. The van der Waals surface area contributed by atoms with Crippen LogP contribution in [0.4, 0.5) is 0 Å². The molecule has 0 saturated carbocycles. The molecular weight excluding hydrogens is 358 g/mol. The SMILES string of the molecule is N#CC1=C(N)OC2=C(C(=O)CCC2)[C@@H]1c1cc(C[NH+]2CCCCCC2)cs1. The third-order valence-electron chi connectivity index (χ3n) is 5.83. The molecule has 1 fully saturated rings. The van der Waals surface area contributed by atoms with Gasteiger partial charge in [-0.15, -0.1) is 11.3 Å². The van der Waals surface area contributed by atoms with E-state index in [1.165, 1.54) is 44.3 Å². The van der Waals surface area contributed by atoms with Gasteiger partial charge < -0.3 is 15.4 Å². The number of nitriles is 1. The fraction of sp³-hybridized carbons (Fsp3) is 0.524. The lowest BCUT2D eigenvalue weighted by molar-refractivity contribution is -0.913. The van der Waals surface area contributed by atoms with Crippen LogP contribution in [0.2, 0.25) is 0 Å². The number of nitrogens with one attached hydrogen (secondary N) is 1. The number of rotatable bonds is 3. The van der Waals surface area contributed by atoms with E-state index in [4.69, 9.17) is 10.5 Å². The van der Waals surface area contributed by atoms with E-state index in [2.05, 4.69) is 17.5 Å². The van der Waals surface area contributed by atoms with E-state index in [0.717, 1.165) is 17.8 Å². The fourth-order valence-corrected chi connectivity index (χ4v) is 5.50. The monoisotopic (exact) mass is 384 g/mol. The number of ketones is 1. The first-order valence-corrected chi connectivity index (χ1v) is 10.8. The molecule has 1 aromatic rings. The third kappa shape index (κ3) is 3.67. The Morgan fingerprint density at radius 1 is 1.22 bits per heavy atom. The molecule has 3 heterocycles. The summed E-state index contributed by atoms with van der Waals surface area (Å²) in [7, 11) is 0. The molecule has 0 radical (unpaired) electrons. The first-order valence-electron chi connectivity index (χ1n) is 9.92. The van der Waals surface area contributed by atoms with Crippen LogP contribution in [-0.2, 0) is 16.1 Å². The Labute approximate surface area is 164 Å². The molecule has 27 heavy (non-hydrogen) atoms. The van der Waals surface area contributed by atoms with Crippen molar-refractivity contribution in [2.75, 3.05) is 13.1 Å². The van der Waals surface area contributed by atoms with E-state index in [0.29, 0.717) is 29.7 Å². The Morgan fingerprint density at radius 3 is 2.74 bits per heavy atom. The van der Waals surface area contributed by atoms with E-state index in [9.17, 15) is 10.1 Å². The predicted octanol–water partition coefficient (Wildman–Crippen LogP) is 2.52. The van der Waals surface area contributed by atoms with Crippen molar-refractivity contribution in [2.24, 2.45) is 5.73 Å². The van der Waals surface area contributed by atoms with Gasteiger partial charge in [-0.05, 0) is 43.6 Å². The van der Waals surface area contributed by atoms with Crippen molar-refractivity contribution in [3.63, 3.8) is 0 Å². The van der Waals surface area contributed by atoms with Crippen LogP contribution in [0.15, 0.2) is 34.2 Å². The lowest BCUT2D eigenvalue weighted by Crippen LogP contribution is -3.10. The Kier molecular flexibility index (Phi) is 5.33. The maximum absolute atomic E-state index is 12.6. The number of carbonyl (C=O) groups excluding carboxylic acids is 1. The number of ether oxygens (including phenoxy) is 1. The number of likely N-dealkylation sites (tertiary alicyclic amines) is 1. The van der Waals surface area contributed by atoms with E-state index in [-0.39, 0.29) is 17.6 Å². The molecule has 1 aromatic heterocycles. The second-order valence-electron chi connectivity index (χ2n) is 7.74. The highest BCUT2D eigenvalue weighted by Gasteiger charge is 2.38. The number of nitrogens with zero attached hydrogens (tertiary/aromatic N) is 1. The Morgan fingerprint density at radius 2 is 2.00 bits per heavy atom. The molecular formula is C21H26N3O2S+. The van der Waals surface area contributed by atoms with Crippen molar-refractivity contribution < 1.29 is 14.4 Å². The second-order valence-corrected chi connectivity index (χ2v) is 8.68. The zero-order valence-electron chi connectivity index (χ0n) is 15.6. The second kappa shape index (κ2) is 7.87. The maximum Gasteiger partial charge on any atom is 0.205 e. The lowest BCUT2D eigenvalue weighted by Gasteiger charge is -2.30. The molecule has 3 aliphatic rings. The van der Waals surface area contributed by atoms with Gasteiger partial charge in [0.2, 0.25) is 5.88 Å². The number of carbonyl (C=O) groups is 1. The number of allylic oxidation sites excluding steroid dienone is 3. The molecule has 142 valence electrons. The molecule has 1 saturated heterocycles. The summed E-state index contributed by atoms with van der Waals surface area (Å²) in [5.74, 6) is 0.559. The molecule has 4 rings (SSSR count). The van der Waals surface area contributed by atoms with E-state index >= 15 is 0 Å². The molecule has 0 spiro atoms. The first-order chi connectivity index (χ1) is 13.2. The molecule has 6 heteroatoms. The van der Waals surface area contributed by atoms with Crippen LogP contribution in [0.25, 0.3) is 0 Å². The quantitative estimate of drug-likeness (QED) is 0.839. The van der Waals surface area contributed by atoms with Crippen molar-refractivity contribution in [1.82, 2.24) is 0 Å². The van der Waals surface area contributed by atoms with Crippen LogP contribution in [0.3, 0.4) is 0 Å². The highest BCUT2D eigenvalue weighted by atomic mass is 32.1. The van der Waals surface area contributed by atoms with Gasteiger partial charge >= 0.3 is 0 Å². The van der Waals surface area contributed by atoms with Gasteiger partial charge in [0.1, 0.15) is 23.9 Å². The molecule has 5 nitrogen and oxygen atoms in total. The zero-order chi connectivity index (χ0) is 18.8. The topological polar surface area (TPSA) is 80.6 Å². The van der Waals surface area contributed by atoms with E-state index in [1.54, 1.807) is 16.2 Å². The molecule has 0 amide bonds. The zero-order valence-corrected chi connectivity index (χ0v) is 16.4. The molecule has 0 bridgehead atoms. The van der Waals surface area contributed by atoms with Crippen molar-refractivity contribution in [3.8, 4) is 6.07 Å². The van der Waals surface area contributed by atoms with Crippen LogP contribution in [0.1, 0.15) is 61.3 Å². The molecule has 1 aliphatic carbocycles. The van der Waals surface area contributed by atoms with E-state index < -0.39 is 0 Å². The minimum Gasteiger partial charge on any atom is -0.444 e. The summed E-state index contributed by atoms with van der Waals surface area (Å²) in [6, 6.07) is 4.38. The number of nitrogens with two attached hydrogens (primary N) is 1. The lowest BCUT2D eigenvalue weighted by atomic mass is 9.80. The molecule has 3 N–H and O–H groups in total. The smallest absolute Gasteiger partial charge is 0.205 e. The summed E-state index contributed by atoms with van der Waals surface area (Å²) in [5, 5.41) is 11.8. The normalized spacial score (nSPS) is 24.3. The van der Waals surface area contributed by atoms with Gasteiger partial charge in [-0.3, -0.25) is 4.79 Å². The number of hydrogen-bond donors (Lipinski definition) is 2. The summed E-state index contributed by atoms with van der Waals surface area (Å²) >= 11 is 1.63. The van der Waals surface area contributed by atoms with Gasteiger partial charge in [0.05, 0.1) is 19.0 Å². The predicted molar refractivity (Wildman–Crippen MR) is 104 cm³/mol. The summed E-state index contributed by atoms with van der Waals surface area (Å²) in [6.07, 6.45) is 7.31. The van der Waals surface area contributed by atoms with Gasteiger partial charge in [-0.2, -0.15) is 5.26 Å².